The average Bonchev–Trinajstić information content (AvgIpc) is 2.62. The first-order valence-corrected chi connectivity index (χ1v) is 8.14. The van der Waals surface area contributed by atoms with Crippen LogP contribution in [0.1, 0.15) is 0 Å². The topological polar surface area (TPSA) is 27.7 Å². The highest BCUT2D eigenvalue weighted by Crippen LogP contribution is 2.62. The molecule has 0 aliphatic heterocycles. The molecule has 41 heavy (non-hydrogen) atoms. The maximum absolute atomic E-state index is 13.2. The Hall–Kier alpha value is -1.94. The van der Waals surface area contributed by atoms with Crippen molar-refractivity contribution in [3.63, 3.8) is 0 Å². The quantitative estimate of drug-likeness (QED) is 0.194. The van der Waals surface area contributed by atoms with Crippen LogP contribution in [-0.4, -0.2) is 72.7 Å². The van der Waals surface area contributed by atoms with Crippen molar-refractivity contribution in [3.8, 4) is 0 Å². The van der Waals surface area contributed by atoms with Gasteiger partial charge in [0.2, 0.25) is 0 Å². The average molecular weight is 686 g/mol. The SMILES string of the molecule is FC(F)(F)OC(F)(F)C(F)(F)C(F)(F)OC(F)(F)C(F)(F)OC(F)(F)C(F)(F)C(F)(F)C(F)(F)C(F)(F)C(F)(F)F. The molecule has 0 saturated carbocycles. The molecule has 0 saturated heterocycles. The third kappa shape index (κ3) is 6.38. The van der Waals surface area contributed by atoms with Gasteiger partial charge in [-0.1, -0.05) is 0 Å². The van der Waals surface area contributed by atoms with Gasteiger partial charge in [0.15, 0.2) is 0 Å². The second kappa shape index (κ2) is 9.79. The molecule has 3 nitrogen and oxygen atoms in total. The zero-order chi connectivity index (χ0) is 34.1. The molecular weight excluding hydrogens is 686 g/mol. The molecule has 0 fully saturated rings. The van der Waals surface area contributed by atoms with E-state index in [0.29, 0.717) is 0 Å². The van der Waals surface area contributed by atoms with Gasteiger partial charge in [0.05, 0.1) is 0 Å². The lowest BCUT2D eigenvalue weighted by molar-refractivity contribution is -0.568. The van der Waals surface area contributed by atoms with Crippen LogP contribution in [0.2, 0.25) is 0 Å². The van der Waals surface area contributed by atoms with Gasteiger partial charge in [-0.2, -0.15) is 101 Å². The van der Waals surface area contributed by atoms with Gasteiger partial charge in [0, 0.05) is 0 Å². The van der Waals surface area contributed by atoms with Crippen LogP contribution in [0.3, 0.4) is 0 Å². The monoisotopic (exact) mass is 686 g/mol. The molecule has 0 rings (SSSR count). The Kier molecular flexibility index (Phi) is 9.33. The molecule has 0 aliphatic carbocycles. The number of hydrogen-bond acceptors (Lipinski definition) is 3. The minimum Gasteiger partial charge on any atom is -0.243 e. The number of halogens is 26. The Bertz CT molecular complexity index is 925. The fourth-order valence-corrected chi connectivity index (χ4v) is 1.70. The Morgan fingerprint density at radius 2 is 0.463 bits per heavy atom. The van der Waals surface area contributed by atoms with Crippen molar-refractivity contribution in [2.75, 3.05) is 0 Å². The zero-order valence-electron chi connectivity index (χ0n) is 17.1. The maximum atomic E-state index is 13.2. The van der Waals surface area contributed by atoms with E-state index in [1.165, 1.54) is 0 Å². The molecule has 0 atom stereocenters. The molecule has 0 amide bonds. The maximum Gasteiger partial charge on any atom is 0.527 e. The van der Waals surface area contributed by atoms with Gasteiger partial charge in [-0.05, 0) is 0 Å². The summed E-state index contributed by atoms with van der Waals surface area (Å²) in [5.41, 5.74) is 0. The third-order valence-electron chi connectivity index (χ3n) is 3.73. The molecule has 0 aromatic carbocycles. The summed E-state index contributed by atoms with van der Waals surface area (Å²) in [4.78, 5) is 0. The molecule has 0 radical (unpaired) electrons. The van der Waals surface area contributed by atoms with Crippen LogP contribution in [0.15, 0.2) is 0 Å². The van der Waals surface area contributed by atoms with Crippen molar-refractivity contribution in [1.29, 1.82) is 0 Å². The standard InChI is InChI=1S/C12F26O3/c13-1(14,3(17,18)6(23,24)25)2(15,16)4(19,20)7(26,27)39-10(32,33)11(34,35)40-8(28,29)5(21,22)9(30,31)41-12(36,37)38. The lowest BCUT2D eigenvalue weighted by atomic mass is 9.97. The van der Waals surface area contributed by atoms with E-state index >= 15 is 0 Å². The van der Waals surface area contributed by atoms with Crippen molar-refractivity contribution in [2.24, 2.45) is 0 Å². The highest BCUT2D eigenvalue weighted by molar-refractivity contribution is 5.08. The summed E-state index contributed by atoms with van der Waals surface area (Å²) in [6.07, 6.45) is -56.7. The van der Waals surface area contributed by atoms with Crippen molar-refractivity contribution < 1.29 is 128 Å². The van der Waals surface area contributed by atoms with E-state index in [1.807, 2.05) is 0 Å². The number of alkyl halides is 26. The second-order valence-electron chi connectivity index (χ2n) is 6.71. The van der Waals surface area contributed by atoms with E-state index in [-0.39, 0.29) is 0 Å². The molecular formula is C12F26O3. The van der Waals surface area contributed by atoms with Crippen molar-refractivity contribution in [2.45, 2.75) is 72.7 Å². The third-order valence-corrected chi connectivity index (χ3v) is 3.73. The van der Waals surface area contributed by atoms with Gasteiger partial charge in [0.25, 0.3) is 0 Å². The molecule has 0 aliphatic rings. The zero-order valence-corrected chi connectivity index (χ0v) is 17.1. The smallest absolute Gasteiger partial charge is 0.243 e. The lowest BCUT2D eigenvalue weighted by Crippen LogP contribution is -2.71. The molecule has 0 bridgehead atoms. The Balaban J connectivity index is 6.57. The van der Waals surface area contributed by atoms with Crippen LogP contribution in [-0.2, 0) is 14.2 Å². The van der Waals surface area contributed by atoms with Gasteiger partial charge in [-0.3, -0.25) is 0 Å². The van der Waals surface area contributed by atoms with Crippen molar-refractivity contribution >= 4 is 0 Å². The van der Waals surface area contributed by atoms with E-state index in [1.54, 1.807) is 0 Å². The van der Waals surface area contributed by atoms with Crippen LogP contribution < -0.4 is 0 Å². The van der Waals surface area contributed by atoms with E-state index < -0.39 is 72.7 Å². The van der Waals surface area contributed by atoms with E-state index in [2.05, 4.69) is 0 Å². The fraction of sp³-hybridized carbons (Fsp3) is 1.00. The van der Waals surface area contributed by atoms with E-state index in [4.69, 9.17) is 0 Å². The van der Waals surface area contributed by atoms with E-state index in [0.717, 1.165) is 14.2 Å². The van der Waals surface area contributed by atoms with Crippen molar-refractivity contribution in [3.05, 3.63) is 0 Å². The lowest BCUT2D eigenvalue weighted by Gasteiger charge is -2.40. The summed E-state index contributed by atoms with van der Waals surface area (Å²) in [6.45, 7) is 0. The number of hydrogen-bond donors (Lipinski definition) is 0. The first kappa shape index (κ1) is 39.1. The normalized spacial score (nSPS) is 16.8. The van der Waals surface area contributed by atoms with Crippen LogP contribution in [0, 0.1) is 0 Å². The van der Waals surface area contributed by atoms with Gasteiger partial charge in [-0.15, -0.1) is 13.2 Å². The highest BCUT2D eigenvalue weighted by atomic mass is 19.4. The van der Waals surface area contributed by atoms with Gasteiger partial charge >= 0.3 is 72.7 Å². The number of rotatable bonds is 12. The Morgan fingerprint density at radius 1 is 0.220 bits per heavy atom. The molecule has 0 heterocycles. The second-order valence-corrected chi connectivity index (χ2v) is 6.71. The minimum atomic E-state index is -9.01. The summed E-state index contributed by atoms with van der Waals surface area (Å²) >= 11 is 0. The van der Waals surface area contributed by atoms with E-state index in [9.17, 15) is 114 Å². The summed E-state index contributed by atoms with van der Waals surface area (Å²) < 4.78 is 334. The molecule has 29 heteroatoms. The molecule has 0 aromatic rings. The summed E-state index contributed by atoms with van der Waals surface area (Å²) in [6, 6.07) is 0. The predicted octanol–water partition coefficient (Wildman–Crippen LogP) is 8.26. The van der Waals surface area contributed by atoms with Gasteiger partial charge < -0.3 is 0 Å². The van der Waals surface area contributed by atoms with Gasteiger partial charge in [0.1, 0.15) is 0 Å². The molecule has 0 spiro atoms. The van der Waals surface area contributed by atoms with Gasteiger partial charge in [-0.25, -0.2) is 14.2 Å². The van der Waals surface area contributed by atoms with Crippen molar-refractivity contribution in [1.82, 2.24) is 0 Å². The van der Waals surface area contributed by atoms with Crippen LogP contribution in [0.25, 0.3) is 0 Å². The minimum absolute atomic E-state index is 0.851. The van der Waals surface area contributed by atoms with Crippen LogP contribution in [0.5, 0.6) is 0 Å². The summed E-state index contributed by atoms with van der Waals surface area (Å²) in [5, 5.41) is 0. The summed E-state index contributed by atoms with van der Waals surface area (Å²) in [7, 11) is 0. The molecule has 0 unspecified atom stereocenters. The highest BCUT2D eigenvalue weighted by Gasteiger charge is 2.92. The first-order chi connectivity index (χ1) is 17.1. The van der Waals surface area contributed by atoms with Crippen LogP contribution >= 0.6 is 0 Å². The largest absolute Gasteiger partial charge is 0.527 e. The predicted molar refractivity (Wildman–Crippen MR) is 64.8 cm³/mol. The first-order valence-electron chi connectivity index (χ1n) is 8.14. The Labute approximate surface area is 202 Å². The summed E-state index contributed by atoms with van der Waals surface area (Å²) in [5.74, 6) is -43.6. The number of ether oxygens (including phenoxy) is 3. The molecule has 0 aromatic heterocycles. The molecule has 248 valence electrons. The fourth-order valence-electron chi connectivity index (χ4n) is 1.70. The Morgan fingerprint density at radius 3 is 0.732 bits per heavy atom. The molecule has 0 N–H and O–H groups in total. The van der Waals surface area contributed by atoms with Crippen LogP contribution in [0.4, 0.5) is 114 Å².